The number of hydrogen-bond donors (Lipinski definition) is 1. The highest BCUT2D eigenvalue weighted by molar-refractivity contribution is 9.11. The molecule has 2 rings (SSSR count). The zero-order valence-electron chi connectivity index (χ0n) is 11.2. The van der Waals surface area contributed by atoms with Crippen molar-refractivity contribution in [3.63, 3.8) is 0 Å². The fourth-order valence-electron chi connectivity index (χ4n) is 2.16. The predicted molar refractivity (Wildman–Crippen MR) is 86.8 cm³/mol. The molecule has 0 fully saturated rings. The van der Waals surface area contributed by atoms with E-state index in [-0.39, 0.29) is 6.04 Å². The van der Waals surface area contributed by atoms with Gasteiger partial charge in [-0.2, -0.15) is 13.2 Å². The number of benzene rings is 1. The standard InChI is InChI=1S/C14H12Br2F3NS/c1-7-9(6-12(16)21-7)13(20-2)10-5-8(14(17,18)19)3-4-11(10)15/h3-6,13,20H,1-2H3. The molecule has 0 radical (unpaired) electrons. The number of thiophene rings is 1. The van der Waals surface area contributed by atoms with Crippen molar-refractivity contribution in [2.75, 3.05) is 7.05 Å². The summed E-state index contributed by atoms with van der Waals surface area (Å²) in [4.78, 5) is 1.06. The van der Waals surface area contributed by atoms with Crippen molar-refractivity contribution in [3.05, 3.63) is 54.1 Å². The topological polar surface area (TPSA) is 12.0 Å². The lowest BCUT2D eigenvalue weighted by atomic mass is 9.97. The number of hydrogen-bond acceptors (Lipinski definition) is 2. The first-order valence-corrected chi connectivity index (χ1v) is 8.44. The van der Waals surface area contributed by atoms with Crippen molar-refractivity contribution < 1.29 is 13.2 Å². The van der Waals surface area contributed by atoms with E-state index >= 15 is 0 Å². The summed E-state index contributed by atoms with van der Waals surface area (Å²) in [5, 5.41) is 3.10. The van der Waals surface area contributed by atoms with Gasteiger partial charge in [0.25, 0.3) is 0 Å². The Kier molecular flexibility index (Phi) is 5.18. The molecular formula is C14H12Br2F3NS. The lowest BCUT2D eigenvalue weighted by Crippen LogP contribution is -2.19. The molecule has 1 atom stereocenters. The fraction of sp³-hybridized carbons (Fsp3) is 0.286. The van der Waals surface area contributed by atoms with Gasteiger partial charge in [-0.05, 0) is 65.3 Å². The third-order valence-corrected chi connectivity index (χ3v) is 5.45. The smallest absolute Gasteiger partial charge is 0.309 e. The van der Waals surface area contributed by atoms with Crippen LogP contribution in [0.2, 0.25) is 0 Å². The molecule has 1 N–H and O–H groups in total. The highest BCUT2D eigenvalue weighted by Crippen LogP contribution is 2.38. The van der Waals surface area contributed by atoms with E-state index in [4.69, 9.17) is 0 Å². The molecule has 1 aromatic carbocycles. The zero-order valence-corrected chi connectivity index (χ0v) is 15.2. The van der Waals surface area contributed by atoms with Crippen LogP contribution < -0.4 is 5.32 Å². The fourth-order valence-corrected chi connectivity index (χ4v) is 4.39. The zero-order chi connectivity index (χ0) is 15.8. The number of alkyl halides is 3. The van der Waals surface area contributed by atoms with Gasteiger partial charge in [0.15, 0.2) is 0 Å². The Morgan fingerprint density at radius 1 is 1.14 bits per heavy atom. The Hall–Kier alpha value is -0.370. The van der Waals surface area contributed by atoms with Crippen LogP contribution in [0.25, 0.3) is 0 Å². The van der Waals surface area contributed by atoms with Crippen LogP contribution in [0.3, 0.4) is 0 Å². The van der Waals surface area contributed by atoms with E-state index in [1.807, 2.05) is 13.0 Å². The van der Waals surface area contributed by atoms with E-state index in [0.29, 0.717) is 10.0 Å². The normalized spacial score (nSPS) is 13.5. The van der Waals surface area contributed by atoms with E-state index in [1.54, 1.807) is 18.4 Å². The highest BCUT2D eigenvalue weighted by atomic mass is 79.9. The van der Waals surface area contributed by atoms with Crippen LogP contribution >= 0.6 is 43.2 Å². The summed E-state index contributed by atoms with van der Waals surface area (Å²) in [5.41, 5.74) is 0.892. The maximum atomic E-state index is 12.9. The molecule has 114 valence electrons. The van der Waals surface area contributed by atoms with Crippen molar-refractivity contribution in [1.29, 1.82) is 0 Å². The summed E-state index contributed by atoms with van der Waals surface area (Å²) >= 11 is 8.33. The Labute approximate surface area is 141 Å². The van der Waals surface area contributed by atoms with Gasteiger partial charge in [0, 0.05) is 9.35 Å². The summed E-state index contributed by atoms with van der Waals surface area (Å²) in [6, 6.07) is 5.35. The lowest BCUT2D eigenvalue weighted by molar-refractivity contribution is -0.137. The number of nitrogens with one attached hydrogen (secondary N) is 1. The Morgan fingerprint density at radius 3 is 2.29 bits per heavy atom. The summed E-state index contributed by atoms with van der Waals surface area (Å²) in [5.74, 6) is 0. The van der Waals surface area contributed by atoms with Crippen LogP contribution in [0.4, 0.5) is 13.2 Å². The first-order valence-electron chi connectivity index (χ1n) is 6.03. The Balaban J connectivity index is 2.54. The monoisotopic (exact) mass is 441 g/mol. The van der Waals surface area contributed by atoms with Crippen LogP contribution in [0.1, 0.15) is 27.6 Å². The molecule has 0 aliphatic rings. The van der Waals surface area contributed by atoms with E-state index in [9.17, 15) is 13.2 Å². The number of rotatable bonds is 3. The molecule has 7 heteroatoms. The average molecular weight is 443 g/mol. The first kappa shape index (κ1) is 17.0. The van der Waals surface area contributed by atoms with Gasteiger partial charge in [-0.3, -0.25) is 0 Å². The van der Waals surface area contributed by atoms with Gasteiger partial charge >= 0.3 is 6.18 Å². The minimum absolute atomic E-state index is 0.302. The molecule has 0 bridgehead atoms. The van der Waals surface area contributed by atoms with Gasteiger partial charge < -0.3 is 5.32 Å². The van der Waals surface area contributed by atoms with Gasteiger partial charge in [-0.15, -0.1) is 11.3 Å². The van der Waals surface area contributed by atoms with Crippen molar-refractivity contribution in [2.45, 2.75) is 19.1 Å². The minimum Gasteiger partial charge on any atom is -0.309 e. The molecule has 1 heterocycles. The van der Waals surface area contributed by atoms with Crippen LogP contribution in [0.5, 0.6) is 0 Å². The molecule has 0 aliphatic heterocycles. The van der Waals surface area contributed by atoms with Crippen molar-refractivity contribution in [3.8, 4) is 0 Å². The molecule has 0 saturated carbocycles. The molecule has 0 saturated heterocycles. The average Bonchev–Trinajstić information content (AvgIpc) is 2.70. The molecule has 1 nitrogen and oxygen atoms in total. The Morgan fingerprint density at radius 2 is 1.81 bits per heavy atom. The molecular weight excluding hydrogens is 431 g/mol. The van der Waals surface area contributed by atoms with Crippen LogP contribution in [0.15, 0.2) is 32.5 Å². The van der Waals surface area contributed by atoms with Gasteiger partial charge in [-0.1, -0.05) is 15.9 Å². The van der Waals surface area contributed by atoms with E-state index in [0.717, 1.165) is 20.3 Å². The second kappa shape index (κ2) is 6.40. The number of halogens is 5. The molecule has 1 unspecified atom stereocenters. The summed E-state index contributed by atoms with van der Waals surface area (Å²) in [6.45, 7) is 1.95. The van der Waals surface area contributed by atoms with E-state index in [2.05, 4.69) is 37.2 Å². The third kappa shape index (κ3) is 3.70. The quantitative estimate of drug-likeness (QED) is 0.623. The van der Waals surface area contributed by atoms with Crippen LogP contribution in [-0.4, -0.2) is 7.05 Å². The molecule has 0 amide bonds. The number of aryl methyl sites for hydroxylation is 1. The second-order valence-corrected chi connectivity index (χ2v) is 8.01. The molecule has 0 aliphatic carbocycles. The lowest BCUT2D eigenvalue weighted by Gasteiger charge is -2.20. The van der Waals surface area contributed by atoms with Gasteiger partial charge in [-0.25, -0.2) is 0 Å². The van der Waals surface area contributed by atoms with Crippen molar-refractivity contribution >= 4 is 43.2 Å². The second-order valence-electron chi connectivity index (χ2n) is 4.52. The third-order valence-electron chi connectivity index (χ3n) is 3.16. The largest absolute Gasteiger partial charge is 0.416 e. The predicted octanol–water partition coefficient (Wildman–Crippen LogP) is 5.91. The molecule has 1 aromatic heterocycles. The highest BCUT2D eigenvalue weighted by Gasteiger charge is 2.32. The van der Waals surface area contributed by atoms with E-state index in [1.165, 1.54) is 12.1 Å². The van der Waals surface area contributed by atoms with E-state index < -0.39 is 11.7 Å². The SMILES string of the molecule is CNC(c1cc(C(F)(F)F)ccc1Br)c1cc(Br)sc1C. The molecule has 0 spiro atoms. The summed E-state index contributed by atoms with van der Waals surface area (Å²) in [7, 11) is 1.74. The van der Waals surface area contributed by atoms with Crippen molar-refractivity contribution in [2.24, 2.45) is 0 Å². The summed E-state index contributed by atoms with van der Waals surface area (Å²) in [6.07, 6.45) is -4.35. The maximum absolute atomic E-state index is 12.9. The van der Waals surface area contributed by atoms with Crippen molar-refractivity contribution in [1.82, 2.24) is 5.32 Å². The van der Waals surface area contributed by atoms with Crippen LogP contribution in [0, 0.1) is 6.92 Å². The van der Waals surface area contributed by atoms with Gasteiger partial charge in [0.1, 0.15) is 0 Å². The Bertz CT molecular complexity index is 652. The minimum atomic E-state index is -4.35. The van der Waals surface area contributed by atoms with Crippen LogP contribution in [-0.2, 0) is 6.18 Å². The van der Waals surface area contributed by atoms with Gasteiger partial charge in [0.2, 0.25) is 0 Å². The summed E-state index contributed by atoms with van der Waals surface area (Å²) < 4.78 is 40.3. The van der Waals surface area contributed by atoms with Gasteiger partial charge in [0.05, 0.1) is 15.4 Å². The maximum Gasteiger partial charge on any atom is 0.416 e. The molecule has 2 aromatic rings. The molecule has 21 heavy (non-hydrogen) atoms. The first-order chi connectivity index (χ1) is 9.74.